The Hall–Kier alpha value is -2.83. The standard InChI is InChI=1S/C15H17N3O4/c1-22-13-4-2-11(3-5-13)8-16-14(19)6-7-18-10-12(9-17-18)15(20)21/h2-5,9-10H,6-8H2,1H3,(H,16,19)(H,20,21). The van der Waals surface area contributed by atoms with Gasteiger partial charge in [-0.05, 0) is 17.7 Å². The fourth-order valence-corrected chi connectivity index (χ4v) is 1.84. The molecule has 0 fully saturated rings. The molecule has 2 aromatic rings. The summed E-state index contributed by atoms with van der Waals surface area (Å²) < 4.78 is 6.50. The number of aromatic carboxylic acids is 1. The number of hydrogen-bond donors (Lipinski definition) is 2. The van der Waals surface area contributed by atoms with Gasteiger partial charge < -0.3 is 15.2 Å². The van der Waals surface area contributed by atoms with Crippen LogP contribution in [0.25, 0.3) is 0 Å². The van der Waals surface area contributed by atoms with E-state index >= 15 is 0 Å². The molecule has 2 N–H and O–H groups in total. The zero-order chi connectivity index (χ0) is 15.9. The second kappa shape index (κ2) is 7.26. The van der Waals surface area contributed by atoms with E-state index in [1.165, 1.54) is 17.1 Å². The first-order chi connectivity index (χ1) is 10.6. The highest BCUT2D eigenvalue weighted by atomic mass is 16.5. The lowest BCUT2D eigenvalue weighted by Gasteiger charge is -2.06. The van der Waals surface area contributed by atoms with E-state index in [1.54, 1.807) is 7.11 Å². The number of carbonyl (C=O) groups excluding carboxylic acids is 1. The number of carboxylic acid groups (broad SMARTS) is 1. The fraction of sp³-hybridized carbons (Fsp3) is 0.267. The fourth-order valence-electron chi connectivity index (χ4n) is 1.84. The summed E-state index contributed by atoms with van der Waals surface area (Å²) in [5.74, 6) is -0.388. The number of ether oxygens (including phenoxy) is 1. The minimum Gasteiger partial charge on any atom is -0.497 e. The molecule has 0 saturated heterocycles. The molecule has 0 unspecified atom stereocenters. The maximum atomic E-state index is 11.8. The van der Waals surface area contributed by atoms with Crippen LogP contribution in [0.5, 0.6) is 5.75 Å². The van der Waals surface area contributed by atoms with Crippen molar-refractivity contribution in [3.05, 3.63) is 47.8 Å². The Kier molecular flexibility index (Phi) is 5.13. The van der Waals surface area contributed by atoms with Crippen LogP contribution >= 0.6 is 0 Å². The van der Waals surface area contributed by atoms with Crippen LogP contribution in [0.3, 0.4) is 0 Å². The summed E-state index contributed by atoms with van der Waals surface area (Å²) in [5.41, 5.74) is 1.08. The van der Waals surface area contributed by atoms with Gasteiger partial charge in [0.15, 0.2) is 0 Å². The second-order valence-corrected chi connectivity index (χ2v) is 4.67. The van der Waals surface area contributed by atoms with Crippen LogP contribution in [0.15, 0.2) is 36.7 Å². The second-order valence-electron chi connectivity index (χ2n) is 4.67. The molecule has 116 valence electrons. The number of hydrogen-bond acceptors (Lipinski definition) is 4. The van der Waals surface area contributed by atoms with Gasteiger partial charge in [-0.3, -0.25) is 9.48 Å². The van der Waals surface area contributed by atoms with Gasteiger partial charge in [0.05, 0.1) is 18.9 Å². The molecule has 0 atom stereocenters. The van der Waals surface area contributed by atoms with Crippen molar-refractivity contribution in [2.24, 2.45) is 0 Å². The van der Waals surface area contributed by atoms with Crippen LogP contribution in [0.1, 0.15) is 22.3 Å². The van der Waals surface area contributed by atoms with Crippen LogP contribution in [-0.4, -0.2) is 33.9 Å². The maximum Gasteiger partial charge on any atom is 0.338 e. The third-order valence-electron chi connectivity index (χ3n) is 3.10. The van der Waals surface area contributed by atoms with Crippen molar-refractivity contribution in [2.45, 2.75) is 19.5 Å². The van der Waals surface area contributed by atoms with E-state index in [4.69, 9.17) is 9.84 Å². The van der Waals surface area contributed by atoms with E-state index in [9.17, 15) is 9.59 Å². The van der Waals surface area contributed by atoms with Crippen molar-refractivity contribution in [3.63, 3.8) is 0 Å². The van der Waals surface area contributed by atoms with Gasteiger partial charge in [0.2, 0.25) is 5.91 Å². The lowest BCUT2D eigenvalue weighted by molar-refractivity contribution is -0.121. The molecule has 0 saturated carbocycles. The molecular weight excluding hydrogens is 286 g/mol. The Balaban J connectivity index is 1.76. The smallest absolute Gasteiger partial charge is 0.338 e. The Morgan fingerprint density at radius 1 is 1.32 bits per heavy atom. The highest BCUT2D eigenvalue weighted by Gasteiger charge is 2.07. The number of carboxylic acids is 1. The van der Waals surface area contributed by atoms with Gasteiger partial charge >= 0.3 is 5.97 Å². The van der Waals surface area contributed by atoms with Crippen molar-refractivity contribution < 1.29 is 19.4 Å². The number of aromatic nitrogens is 2. The average molecular weight is 303 g/mol. The minimum absolute atomic E-state index is 0.110. The highest BCUT2D eigenvalue weighted by Crippen LogP contribution is 2.10. The molecule has 1 aromatic carbocycles. The van der Waals surface area contributed by atoms with Crippen LogP contribution in [-0.2, 0) is 17.9 Å². The first kappa shape index (κ1) is 15.6. The predicted octanol–water partition coefficient (Wildman–Crippen LogP) is 1.30. The van der Waals surface area contributed by atoms with Gasteiger partial charge in [-0.15, -0.1) is 0 Å². The molecule has 1 aromatic heterocycles. The molecule has 0 aliphatic carbocycles. The average Bonchev–Trinajstić information content (AvgIpc) is 3.00. The third-order valence-corrected chi connectivity index (χ3v) is 3.10. The lowest BCUT2D eigenvalue weighted by Crippen LogP contribution is -2.24. The van der Waals surface area contributed by atoms with E-state index in [0.717, 1.165) is 11.3 Å². The van der Waals surface area contributed by atoms with Crippen LogP contribution < -0.4 is 10.1 Å². The number of methoxy groups -OCH3 is 1. The number of carbonyl (C=O) groups is 2. The molecule has 0 spiro atoms. The molecule has 1 heterocycles. The van der Waals surface area contributed by atoms with Gasteiger partial charge in [-0.25, -0.2) is 4.79 Å². The summed E-state index contributed by atoms with van der Waals surface area (Å²) in [4.78, 5) is 22.5. The Labute approximate surface area is 127 Å². The molecule has 7 nitrogen and oxygen atoms in total. The molecule has 0 bridgehead atoms. The largest absolute Gasteiger partial charge is 0.497 e. The topological polar surface area (TPSA) is 93.5 Å². The zero-order valence-corrected chi connectivity index (χ0v) is 12.2. The van der Waals surface area contributed by atoms with Gasteiger partial charge in [-0.2, -0.15) is 5.10 Å². The normalized spacial score (nSPS) is 10.2. The summed E-state index contributed by atoms with van der Waals surface area (Å²) in [5, 5.41) is 15.5. The molecular formula is C15H17N3O4. The Morgan fingerprint density at radius 3 is 2.64 bits per heavy atom. The van der Waals surface area contributed by atoms with E-state index < -0.39 is 5.97 Å². The minimum atomic E-state index is -1.03. The van der Waals surface area contributed by atoms with Crippen molar-refractivity contribution in [1.29, 1.82) is 0 Å². The van der Waals surface area contributed by atoms with Crippen molar-refractivity contribution in [2.75, 3.05) is 7.11 Å². The van der Waals surface area contributed by atoms with Gasteiger partial charge in [0.1, 0.15) is 5.75 Å². The summed E-state index contributed by atoms with van der Waals surface area (Å²) >= 11 is 0. The monoisotopic (exact) mass is 303 g/mol. The van der Waals surface area contributed by atoms with Crippen molar-refractivity contribution in [3.8, 4) is 5.75 Å². The predicted molar refractivity (Wildman–Crippen MR) is 78.6 cm³/mol. The van der Waals surface area contributed by atoms with E-state index in [1.807, 2.05) is 24.3 Å². The highest BCUT2D eigenvalue weighted by molar-refractivity contribution is 5.86. The summed E-state index contributed by atoms with van der Waals surface area (Å²) in [6.45, 7) is 0.768. The zero-order valence-electron chi connectivity index (χ0n) is 12.2. The molecule has 0 aliphatic rings. The molecule has 1 amide bonds. The molecule has 7 heteroatoms. The van der Waals surface area contributed by atoms with Crippen LogP contribution in [0.2, 0.25) is 0 Å². The Morgan fingerprint density at radius 2 is 2.05 bits per heavy atom. The van der Waals surface area contributed by atoms with Crippen molar-refractivity contribution in [1.82, 2.24) is 15.1 Å². The number of nitrogens with one attached hydrogen (secondary N) is 1. The number of aryl methyl sites for hydroxylation is 1. The van der Waals surface area contributed by atoms with Gasteiger partial charge in [-0.1, -0.05) is 12.1 Å². The van der Waals surface area contributed by atoms with E-state index in [0.29, 0.717) is 13.1 Å². The SMILES string of the molecule is COc1ccc(CNC(=O)CCn2cc(C(=O)O)cn2)cc1. The Bertz CT molecular complexity index is 649. The molecule has 0 aliphatic heterocycles. The number of rotatable bonds is 7. The summed E-state index contributed by atoms with van der Waals surface area (Å²) in [7, 11) is 1.60. The number of amides is 1. The first-order valence-electron chi connectivity index (χ1n) is 6.74. The van der Waals surface area contributed by atoms with Crippen LogP contribution in [0, 0.1) is 0 Å². The van der Waals surface area contributed by atoms with E-state index in [-0.39, 0.29) is 17.9 Å². The summed E-state index contributed by atoms with van der Waals surface area (Å²) in [6.07, 6.45) is 2.90. The molecule has 2 rings (SSSR count). The third kappa shape index (κ3) is 4.34. The van der Waals surface area contributed by atoms with Gasteiger partial charge in [0.25, 0.3) is 0 Å². The maximum absolute atomic E-state index is 11.8. The van der Waals surface area contributed by atoms with Crippen LogP contribution in [0.4, 0.5) is 0 Å². The lowest BCUT2D eigenvalue weighted by atomic mass is 10.2. The summed E-state index contributed by atoms with van der Waals surface area (Å²) in [6, 6.07) is 7.43. The number of nitrogens with zero attached hydrogens (tertiary/aromatic N) is 2. The number of benzene rings is 1. The van der Waals surface area contributed by atoms with Gasteiger partial charge in [0, 0.05) is 25.7 Å². The van der Waals surface area contributed by atoms with E-state index in [2.05, 4.69) is 10.4 Å². The molecule has 22 heavy (non-hydrogen) atoms. The molecule has 0 radical (unpaired) electrons. The quantitative estimate of drug-likeness (QED) is 0.804. The van der Waals surface area contributed by atoms with Crippen molar-refractivity contribution >= 4 is 11.9 Å². The first-order valence-corrected chi connectivity index (χ1v) is 6.74.